The molecule has 1 fully saturated rings. The van der Waals surface area contributed by atoms with Crippen LogP contribution in [0.1, 0.15) is 48.8 Å². The minimum Gasteiger partial charge on any atom is -0.365 e. The van der Waals surface area contributed by atoms with Crippen LogP contribution in [-0.4, -0.2) is 49.1 Å². The molecule has 2 atom stereocenters. The Hall–Kier alpha value is -5.41. The second-order valence-electron chi connectivity index (χ2n) is 12.1. The molecule has 5 aromatic rings. The molecule has 11 nitrogen and oxygen atoms in total. The maximum atomic E-state index is 13.8. The molecule has 2 aromatic carbocycles. The molecule has 3 aromatic heterocycles. The van der Waals surface area contributed by atoms with E-state index >= 15 is 0 Å². The van der Waals surface area contributed by atoms with Gasteiger partial charge in [0.2, 0.25) is 5.95 Å². The number of urea groups is 1. The molecule has 1 saturated carbocycles. The molecule has 0 radical (unpaired) electrons. The van der Waals surface area contributed by atoms with Crippen molar-refractivity contribution in [2.24, 2.45) is 7.05 Å². The molecule has 2 amide bonds. The first-order chi connectivity index (χ1) is 24.0. The number of amides is 2. The number of aromatic nitrogens is 5. The maximum Gasteiger partial charge on any atom is 0.323 e. The molecular weight excluding hydrogens is 633 g/mol. The predicted octanol–water partition coefficient (Wildman–Crippen LogP) is 7.01. The van der Waals surface area contributed by atoms with E-state index in [1.165, 1.54) is 4.90 Å². The topological polar surface area (TPSA) is 137 Å². The molecule has 6 rings (SSSR count). The van der Waals surface area contributed by atoms with Gasteiger partial charge in [-0.05, 0) is 73.8 Å². The van der Waals surface area contributed by atoms with Crippen molar-refractivity contribution in [2.45, 2.75) is 62.2 Å². The van der Waals surface area contributed by atoms with E-state index in [1.54, 1.807) is 35.0 Å². The number of rotatable bonds is 11. The molecule has 12 heteroatoms. The molecule has 0 bridgehead atoms. The molecule has 1 aliphatic rings. The fraction of sp³-hybridized carbons (Fsp3) is 0.297. The van der Waals surface area contributed by atoms with E-state index in [4.69, 9.17) is 9.97 Å². The smallest absolute Gasteiger partial charge is 0.323 e. The van der Waals surface area contributed by atoms with Crippen molar-refractivity contribution >= 4 is 35.4 Å². The van der Waals surface area contributed by atoms with Gasteiger partial charge in [0.15, 0.2) is 0 Å². The lowest BCUT2D eigenvalue weighted by atomic mass is 10.1. The quantitative estimate of drug-likeness (QED) is 0.100. The Bertz CT molecular complexity index is 1890. The number of carbonyl (C=O) groups excluding carboxylic acids is 1. The summed E-state index contributed by atoms with van der Waals surface area (Å²) in [5.74, 6) is 1.60. The van der Waals surface area contributed by atoms with Gasteiger partial charge in [0.1, 0.15) is 23.3 Å². The molecule has 3 N–H and O–H groups in total. The van der Waals surface area contributed by atoms with Gasteiger partial charge in [0.25, 0.3) is 0 Å². The monoisotopic (exact) mass is 672 g/mol. The second-order valence-corrected chi connectivity index (χ2v) is 13.0. The standard InChI is InChI=1S/C37H40N10OS/c1-46-25-30(24-43-46)28-14-17-34(39-22-28)47(37(48)42-20-26-8-4-3-5-9-26)32-12-7-11-31(15-16-32)44-36-41-23-29(19-38)35(45-36)40-21-27-10-6-13-33(18-27)49-2/h3-6,8-10,13-14,17-18,22-25,31-32H,7,11-12,15-16,20-21H2,1-2H3,(H,42,48)(H2,40,41,44,45)/t31-,32+/m0/s1. The molecule has 0 saturated heterocycles. The van der Waals surface area contributed by atoms with Gasteiger partial charge in [-0.15, -0.1) is 11.8 Å². The van der Waals surface area contributed by atoms with Gasteiger partial charge in [-0.1, -0.05) is 42.5 Å². The fourth-order valence-electron chi connectivity index (χ4n) is 6.09. The van der Waals surface area contributed by atoms with E-state index in [0.717, 1.165) is 54.4 Å². The largest absolute Gasteiger partial charge is 0.365 e. The van der Waals surface area contributed by atoms with E-state index in [1.807, 2.05) is 66.7 Å². The van der Waals surface area contributed by atoms with Crippen molar-refractivity contribution in [2.75, 3.05) is 21.8 Å². The third-order valence-electron chi connectivity index (χ3n) is 8.68. The SMILES string of the molecule is CSc1cccc(CNc2nc(N[C@H]3CCC[C@@H](N(C(=O)NCc4ccccc4)c4ccc(-c5cnn(C)c5)cn4)CC3)ncc2C#N)c1. The molecule has 3 heterocycles. The van der Waals surface area contributed by atoms with Gasteiger partial charge >= 0.3 is 6.03 Å². The number of pyridine rings is 1. The highest BCUT2D eigenvalue weighted by Crippen LogP contribution is 2.29. The van der Waals surface area contributed by atoms with Crippen LogP contribution in [0.2, 0.25) is 0 Å². The van der Waals surface area contributed by atoms with Crippen LogP contribution in [0.25, 0.3) is 11.1 Å². The Morgan fingerprint density at radius 3 is 2.57 bits per heavy atom. The van der Waals surface area contributed by atoms with Crippen LogP contribution in [0.5, 0.6) is 0 Å². The van der Waals surface area contributed by atoms with Gasteiger partial charge in [0, 0.05) is 60.6 Å². The second kappa shape index (κ2) is 16.1. The molecule has 250 valence electrons. The average Bonchev–Trinajstić information content (AvgIpc) is 3.45. The highest BCUT2D eigenvalue weighted by atomic mass is 32.2. The number of benzene rings is 2. The van der Waals surface area contributed by atoms with Crippen LogP contribution < -0.4 is 20.9 Å². The first-order valence-corrected chi connectivity index (χ1v) is 17.7. The van der Waals surface area contributed by atoms with Crippen molar-refractivity contribution in [1.82, 2.24) is 30.0 Å². The van der Waals surface area contributed by atoms with Crippen LogP contribution >= 0.6 is 11.8 Å². The van der Waals surface area contributed by atoms with E-state index in [9.17, 15) is 10.1 Å². The normalized spacial score (nSPS) is 15.9. The van der Waals surface area contributed by atoms with Crippen molar-refractivity contribution in [3.63, 3.8) is 0 Å². The zero-order chi connectivity index (χ0) is 34.0. The summed E-state index contributed by atoms with van der Waals surface area (Å²) >= 11 is 1.69. The zero-order valence-corrected chi connectivity index (χ0v) is 28.5. The first kappa shape index (κ1) is 33.5. The van der Waals surface area contributed by atoms with Crippen LogP contribution in [0.4, 0.5) is 22.4 Å². The Morgan fingerprint density at radius 2 is 1.82 bits per heavy atom. The Labute approximate surface area is 291 Å². The average molecular weight is 673 g/mol. The summed E-state index contributed by atoms with van der Waals surface area (Å²) < 4.78 is 1.76. The lowest BCUT2D eigenvalue weighted by molar-refractivity contribution is 0.242. The van der Waals surface area contributed by atoms with E-state index in [2.05, 4.69) is 56.6 Å². The molecule has 0 spiro atoms. The molecule has 49 heavy (non-hydrogen) atoms. The van der Waals surface area contributed by atoms with E-state index in [0.29, 0.717) is 36.2 Å². The van der Waals surface area contributed by atoms with Crippen molar-refractivity contribution in [3.8, 4) is 17.2 Å². The Morgan fingerprint density at radius 1 is 0.959 bits per heavy atom. The number of nitrogens with zero attached hydrogens (tertiary/aromatic N) is 7. The summed E-state index contributed by atoms with van der Waals surface area (Å²) in [6, 6.07) is 24.2. The van der Waals surface area contributed by atoms with Gasteiger partial charge in [-0.25, -0.2) is 14.8 Å². The zero-order valence-electron chi connectivity index (χ0n) is 27.7. The summed E-state index contributed by atoms with van der Waals surface area (Å²) in [5.41, 5.74) is 4.45. The van der Waals surface area contributed by atoms with Crippen molar-refractivity contribution < 1.29 is 4.79 Å². The van der Waals surface area contributed by atoms with Gasteiger partial charge < -0.3 is 16.0 Å². The highest BCUT2D eigenvalue weighted by Gasteiger charge is 2.30. The molecule has 1 aliphatic carbocycles. The fourth-order valence-corrected chi connectivity index (χ4v) is 6.57. The maximum absolute atomic E-state index is 13.8. The third kappa shape index (κ3) is 8.74. The van der Waals surface area contributed by atoms with Gasteiger partial charge in [-0.2, -0.15) is 15.3 Å². The number of hydrogen-bond donors (Lipinski definition) is 3. The minimum absolute atomic E-state index is 0.0459. The van der Waals surface area contributed by atoms with Crippen molar-refractivity contribution in [1.29, 1.82) is 5.26 Å². The van der Waals surface area contributed by atoms with Crippen LogP contribution in [0.15, 0.2) is 96.4 Å². The lowest BCUT2D eigenvalue weighted by Crippen LogP contribution is -2.46. The number of anilines is 3. The highest BCUT2D eigenvalue weighted by molar-refractivity contribution is 7.98. The molecule has 0 unspecified atom stereocenters. The lowest BCUT2D eigenvalue weighted by Gasteiger charge is -2.30. The summed E-state index contributed by atoms with van der Waals surface area (Å²) in [6.07, 6.45) is 13.4. The minimum atomic E-state index is -0.170. The number of thioether (sulfide) groups is 1. The number of carbonyl (C=O) groups is 1. The number of nitrogens with one attached hydrogen (secondary N) is 3. The Balaban J connectivity index is 1.15. The van der Waals surface area contributed by atoms with Gasteiger partial charge in [0.05, 0.1) is 12.4 Å². The van der Waals surface area contributed by atoms with Crippen LogP contribution in [-0.2, 0) is 20.1 Å². The first-order valence-electron chi connectivity index (χ1n) is 16.5. The summed E-state index contributed by atoms with van der Waals surface area (Å²) in [5, 5.41) is 23.9. The summed E-state index contributed by atoms with van der Waals surface area (Å²) in [6.45, 7) is 0.973. The predicted molar refractivity (Wildman–Crippen MR) is 194 cm³/mol. The summed E-state index contributed by atoms with van der Waals surface area (Å²) in [4.78, 5) is 30.8. The van der Waals surface area contributed by atoms with Crippen molar-refractivity contribution in [3.05, 3.63) is 108 Å². The number of nitriles is 1. The van der Waals surface area contributed by atoms with E-state index < -0.39 is 0 Å². The van der Waals surface area contributed by atoms with Gasteiger partial charge in [-0.3, -0.25) is 9.58 Å². The molecule has 0 aliphatic heterocycles. The number of hydrogen-bond acceptors (Lipinski definition) is 9. The summed E-state index contributed by atoms with van der Waals surface area (Å²) in [7, 11) is 1.88. The Kier molecular flexibility index (Phi) is 11.0. The van der Waals surface area contributed by atoms with Crippen LogP contribution in [0.3, 0.4) is 0 Å². The molecular formula is C37H40N10OS. The van der Waals surface area contributed by atoms with E-state index in [-0.39, 0.29) is 18.1 Å². The van der Waals surface area contributed by atoms with Crippen LogP contribution in [0, 0.1) is 11.3 Å². The number of aryl methyl sites for hydroxylation is 1. The third-order valence-corrected chi connectivity index (χ3v) is 9.40.